The quantitative estimate of drug-likeness (QED) is 0.842. The second-order valence-electron chi connectivity index (χ2n) is 5.91. The topological polar surface area (TPSA) is 25.0 Å². The molecule has 2 saturated carbocycles. The predicted octanol–water partition coefficient (Wildman–Crippen LogP) is 4.08. The number of methoxy groups -OCH3 is 1. The number of rotatable bonds is 2. The highest BCUT2D eigenvalue weighted by atomic mass is 16.5. The van der Waals surface area contributed by atoms with Gasteiger partial charge in [0, 0.05) is 11.6 Å². The van der Waals surface area contributed by atoms with Crippen LogP contribution in [-0.4, -0.2) is 12.1 Å². The molecule has 2 heteroatoms. The van der Waals surface area contributed by atoms with Gasteiger partial charge in [-0.3, -0.25) is 0 Å². The highest BCUT2D eigenvalue weighted by molar-refractivity contribution is 5.88. The Bertz CT molecular complexity index is 586. The van der Waals surface area contributed by atoms with Crippen LogP contribution >= 0.6 is 0 Å². The van der Waals surface area contributed by atoms with Gasteiger partial charge in [0.2, 0.25) is 0 Å². The molecule has 2 aliphatic rings. The molecule has 0 aliphatic heterocycles. The molecule has 94 valence electrons. The third-order valence-corrected chi connectivity index (χ3v) is 5.07. The molecule has 0 saturated heterocycles. The van der Waals surface area contributed by atoms with Crippen molar-refractivity contribution in [1.29, 1.82) is 0 Å². The number of para-hydroxylation sites is 1. The molecule has 1 aromatic heterocycles. The van der Waals surface area contributed by atoms with Gasteiger partial charge in [0.15, 0.2) is 0 Å². The fourth-order valence-corrected chi connectivity index (χ4v) is 4.25. The molecule has 3 unspecified atom stereocenters. The molecule has 2 aromatic rings. The van der Waals surface area contributed by atoms with Gasteiger partial charge in [0.05, 0.1) is 12.6 Å². The average molecular weight is 241 g/mol. The van der Waals surface area contributed by atoms with E-state index in [-0.39, 0.29) is 0 Å². The SMILES string of the molecule is COc1cccc2c(C3CC4CCC3C4)c[nH]c12. The van der Waals surface area contributed by atoms with E-state index in [4.69, 9.17) is 4.74 Å². The molecule has 2 nitrogen and oxygen atoms in total. The maximum Gasteiger partial charge on any atom is 0.142 e. The van der Waals surface area contributed by atoms with Gasteiger partial charge in [0.25, 0.3) is 0 Å². The molecule has 2 aliphatic carbocycles. The zero-order valence-corrected chi connectivity index (χ0v) is 10.8. The number of nitrogens with one attached hydrogen (secondary N) is 1. The van der Waals surface area contributed by atoms with Crippen molar-refractivity contribution in [3.05, 3.63) is 30.0 Å². The number of fused-ring (bicyclic) bond motifs is 3. The minimum atomic E-state index is 0.782. The highest BCUT2D eigenvalue weighted by Crippen LogP contribution is 2.54. The first-order valence-electron chi connectivity index (χ1n) is 7.01. The number of benzene rings is 1. The van der Waals surface area contributed by atoms with E-state index >= 15 is 0 Å². The summed E-state index contributed by atoms with van der Waals surface area (Å²) in [5.41, 5.74) is 2.69. The molecule has 0 amide bonds. The van der Waals surface area contributed by atoms with E-state index in [1.807, 2.05) is 6.07 Å². The van der Waals surface area contributed by atoms with Gasteiger partial charge in [-0.15, -0.1) is 0 Å². The van der Waals surface area contributed by atoms with Gasteiger partial charge in [-0.25, -0.2) is 0 Å². The Labute approximate surface area is 107 Å². The lowest BCUT2D eigenvalue weighted by Gasteiger charge is -2.21. The van der Waals surface area contributed by atoms with Crippen molar-refractivity contribution in [3.63, 3.8) is 0 Å². The van der Waals surface area contributed by atoms with Crippen LogP contribution in [0.5, 0.6) is 5.75 Å². The fourth-order valence-electron chi connectivity index (χ4n) is 4.25. The Kier molecular flexibility index (Phi) is 2.20. The van der Waals surface area contributed by atoms with E-state index in [2.05, 4.69) is 23.3 Å². The van der Waals surface area contributed by atoms with Crippen molar-refractivity contribution in [1.82, 2.24) is 4.98 Å². The molecule has 1 heterocycles. The molecular formula is C16H19NO. The summed E-state index contributed by atoms with van der Waals surface area (Å²) in [6.45, 7) is 0. The van der Waals surface area contributed by atoms with Crippen LogP contribution in [0.15, 0.2) is 24.4 Å². The van der Waals surface area contributed by atoms with Crippen LogP contribution in [0.3, 0.4) is 0 Å². The number of hydrogen-bond acceptors (Lipinski definition) is 1. The van der Waals surface area contributed by atoms with Crippen LogP contribution in [0.25, 0.3) is 10.9 Å². The third-order valence-electron chi connectivity index (χ3n) is 5.07. The molecule has 4 rings (SSSR count). The lowest BCUT2D eigenvalue weighted by molar-refractivity contribution is 0.418. The van der Waals surface area contributed by atoms with Crippen molar-refractivity contribution in [3.8, 4) is 5.75 Å². The molecule has 18 heavy (non-hydrogen) atoms. The van der Waals surface area contributed by atoms with Crippen molar-refractivity contribution < 1.29 is 4.74 Å². The third kappa shape index (κ3) is 1.35. The largest absolute Gasteiger partial charge is 0.495 e. The van der Waals surface area contributed by atoms with E-state index in [0.29, 0.717) is 0 Å². The minimum Gasteiger partial charge on any atom is -0.495 e. The number of ether oxygens (including phenoxy) is 1. The number of hydrogen-bond donors (Lipinski definition) is 1. The zero-order chi connectivity index (χ0) is 12.1. The highest BCUT2D eigenvalue weighted by Gasteiger charge is 2.40. The summed E-state index contributed by atoms with van der Waals surface area (Å²) in [5.74, 6) is 3.67. The second kappa shape index (κ2) is 3.78. The summed E-state index contributed by atoms with van der Waals surface area (Å²) in [4.78, 5) is 3.42. The molecule has 0 spiro atoms. The van der Waals surface area contributed by atoms with Gasteiger partial charge >= 0.3 is 0 Å². The zero-order valence-electron chi connectivity index (χ0n) is 10.8. The first-order valence-corrected chi connectivity index (χ1v) is 7.01. The second-order valence-corrected chi connectivity index (χ2v) is 5.91. The van der Waals surface area contributed by atoms with Gasteiger partial charge in [-0.2, -0.15) is 0 Å². The number of H-pyrrole nitrogens is 1. The average Bonchev–Trinajstić information content (AvgIpc) is 3.11. The van der Waals surface area contributed by atoms with Crippen LogP contribution < -0.4 is 4.74 Å². The van der Waals surface area contributed by atoms with Gasteiger partial charge in [0.1, 0.15) is 5.75 Å². The number of aromatic nitrogens is 1. The molecule has 3 atom stereocenters. The maximum atomic E-state index is 5.43. The minimum absolute atomic E-state index is 0.782. The summed E-state index contributed by atoms with van der Waals surface area (Å²) >= 11 is 0. The monoisotopic (exact) mass is 241 g/mol. The van der Waals surface area contributed by atoms with Crippen LogP contribution in [0.2, 0.25) is 0 Å². The van der Waals surface area contributed by atoms with Crippen molar-refractivity contribution in [2.24, 2.45) is 11.8 Å². The van der Waals surface area contributed by atoms with Crippen molar-refractivity contribution in [2.75, 3.05) is 7.11 Å². The Morgan fingerprint density at radius 3 is 2.89 bits per heavy atom. The normalized spacial score (nSPS) is 30.2. The lowest BCUT2D eigenvalue weighted by Crippen LogP contribution is -2.07. The first kappa shape index (κ1) is 10.5. The van der Waals surface area contributed by atoms with Crippen LogP contribution in [-0.2, 0) is 0 Å². The molecular weight excluding hydrogens is 222 g/mol. The Morgan fingerprint density at radius 2 is 2.17 bits per heavy atom. The van der Waals surface area contributed by atoms with Crippen LogP contribution in [0, 0.1) is 11.8 Å². The van der Waals surface area contributed by atoms with Crippen molar-refractivity contribution in [2.45, 2.75) is 31.6 Å². The molecule has 2 bridgehead atoms. The number of aromatic amines is 1. The van der Waals surface area contributed by atoms with Gasteiger partial charge < -0.3 is 9.72 Å². The molecule has 0 radical (unpaired) electrons. The summed E-state index contributed by atoms with van der Waals surface area (Å²) in [5, 5.41) is 1.37. The summed E-state index contributed by atoms with van der Waals surface area (Å²) < 4.78 is 5.43. The molecule has 1 aromatic carbocycles. The van der Waals surface area contributed by atoms with Gasteiger partial charge in [-0.1, -0.05) is 18.6 Å². The van der Waals surface area contributed by atoms with Crippen LogP contribution in [0.1, 0.15) is 37.2 Å². The summed E-state index contributed by atoms with van der Waals surface area (Å²) in [6, 6.07) is 6.37. The summed E-state index contributed by atoms with van der Waals surface area (Å²) in [6.07, 6.45) is 7.98. The molecule has 1 N–H and O–H groups in total. The van der Waals surface area contributed by atoms with E-state index < -0.39 is 0 Å². The Morgan fingerprint density at radius 1 is 1.22 bits per heavy atom. The summed E-state index contributed by atoms with van der Waals surface area (Å²) in [7, 11) is 1.74. The Balaban J connectivity index is 1.82. The van der Waals surface area contributed by atoms with E-state index in [9.17, 15) is 0 Å². The first-order chi connectivity index (χ1) is 8.86. The van der Waals surface area contributed by atoms with E-state index in [0.717, 1.165) is 29.0 Å². The van der Waals surface area contributed by atoms with Crippen LogP contribution in [0.4, 0.5) is 0 Å². The molecule has 2 fully saturated rings. The maximum absolute atomic E-state index is 5.43. The Hall–Kier alpha value is -1.44. The predicted molar refractivity (Wildman–Crippen MR) is 73.0 cm³/mol. The lowest BCUT2D eigenvalue weighted by atomic mass is 9.83. The fraction of sp³-hybridized carbons (Fsp3) is 0.500. The van der Waals surface area contributed by atoms with E-state index in [1.165, 1.54) is 36.6 Å². The van der Waals surface area contributed by atoms with Crippen molar-refractivity contribution >= 4 is 10.9 Å². The smallest absolute Gasteiger partial charge is 0.142 e. The standard InChI is InChI=1S/C16H19NO/c1-18-15-4-2-3-12-14(9-17-16(12)15)13-8-10-5-6-11(13)7-10/h2-4,9-11,13,17H,5-8H2,1H3. The van der Waals surface area contributed by atoms with Gasteiger partial charge in [-0.05, 0) is 48.6 Å². The van der Waals surface area contributed by atoms with E-state index in [1.54, 1.807) is 7.11 Å².